The van der Waals surface area contributed by atoms with E-state index in [9.17, 15) is 0 Å². The summed E-state index contributed by atoms with van der Waals surface area (Å²) >= 11 is 0. The number of hydrogen-bond donors (Lipinski definition) is 1. The van der Waals surface area contributed by atoms with Gasteiger partial charge in [0.15, 0.2) is 0 Å². The normalized spacial score (nSPS) is 22.6. The summed E-state index contributed by atoms with van der Waals surface area (Å²) in [5.74, 6) is 0. The second kappa shape index (κ2) is 4.40. The number of likely N-dealkylation sites (N-methyl/N-ethyl adjacent to an activating group) is 1. The Morgan fingerprint density at radius 2 is 1.92 bits per heavy atom. The first kappa shape index (κ1) is 11.0. The summed E-state index contributed by atoms with van der Waals surface area (Å²) in [6.45, 7) is 6.88. The smallest absolute Gasteiger partial charge is 0.0484 e. The lowest BCUT2D eigenvalue weighted by molar-refractivity contribution is -0.0247. The van der Waals surface area contributed by atoms with Crippen molar-refractivity contribution in [2.24, 2.45) is 5.73 Å². The van der Waals surface area contributed by atoms with Crippen LogP contribution in [-0.4, -0.2) is 43.3 Å². The summed E-state index contributed by atoms with van der Waals surface area (Å²) < 4.78 is 5.37. The summed E-state index contributed by atoms with van der Waals surface area (Å²) in [6.07, 6.45) is 2.14. The lowest BCUT2D eigenvalue weighted by Crippen LogP contribution is -2.57. The maximum absolute atomic E-state index is 5.88. The Labute approximate surface area is 81.2 Å². The van der Waals surface area contributed by atoms with Crippen LogP contribution in [0.15, 0.2) is 0 Å². The van der Waals surface area contributed by atoms with Gasteiger partial charge in [-0.25, -0.2) is 0 Å². The second-order valence-electron chi connectivity index (χ2n) is 4.25. The minimum Gasteiger partial charge on any atom is -0.381 e. The third kappa shape index (κ3) is 2.22. The van der Waals surface area contributed by atoms with Crippen molar-refractivity contribution >= 4 is 0 Å². The first-order valence-electron chi connectivity index (χ1n) is 5.13. The molecule has 1 fully saturated rings. The van der Waals surface area contributed by atoms with Crippen LogP contribution in [0.2, 0.25) is 0 Å². The highest BCUT2D eigenvalue weighted by Crippen LogP contribution is 2.27. The Kier molecular flexibility index (Phi) is 3.71. The van der Waals surface area contributed by atoms with E-state index in [0.717, 1.165) is 32.6 Å². The molecule has 1 aliphatic rings. The lowest BCUT2D eigenvalue weighted by atomic mass is 9.87. The van der Waals surface area contributed by atoms with Crippen molar-refractivity contribution in [3.05, 3.63) is 0 Å². The van der Waals surface area contributed by atoms with E-state index < -0.39 is 0 Å². The minimum atomic E-state index is 0.187. The van der Waals surface area contributed by atoms with Crippen LogP contribution in [0.1, 0.15) is 26.7 Å². The van der Waals surface area contributed by atoms with Crippen molar-refractivity contribution in [3.8, 4) is 0 Å². The topological polar surface area (TPSA) is 38.5 Å². The van der Waals surface area contributed by atoms with E-state index in [2.05, 4.69) is 25.8 Å². The van der Waals surface area contributed by atoms with Crippen molar-refractivity contribution in [2.45, 2.75) is 38.3 Å². The first-order valence-corrected chi connectivity index (χ1v) is 5.13. The molecule has 3 nitrogen and oxygen atoms in total. The van der Waals surface area contributed by atoms with Crippen LogP contribution < -0.4 is 5.73 Å². The monoisotopic (exact) mass is 186 g/mol. The summed E-state index contributed by atoms with van der Waals surface area (Å²) in [5.41, 5.74) is 6.07. The molecule has 13 heavy (non-hydrogen) atoms. The van der Waals surface area contributed by atoms with Crippen LogP contribution >= 0.6 is 0 Å². The van der Waals surface area contributed by atoms with Gasteiger partial charge in [-0.15, -0.1) is 0 Å². The number of nitrogens with zero attached hydrogens (tertiary/aromatic N) is 1. The SMILES string of the molecule is CC(C)N(C)C1(CN)CCOCC1. The zero-order valence-electron chi connectivity index (χ0n) is 9.05. The third-order valence-electron chi connectivity index (χ3n) is 3.33. The van der Waals surface area contributed by atoms with Crippen LogP contribution in [0, 0.1) is 0 Å². The molecule has 0 aromatic heterocycles. The highest BCUT2D eigenvalue weighted by molar-refractivity contribution is 4.93. The van der Waals surface area contributed by atoms with Crippen LogP contribution in [0.5, 0.6) is 0 Å². The first-order chi connectivity index (χ1) is 6.12. The average molecular weight is 186 g/mol. The van der Waals surface area contributed by atoms with Gasteiger partial charge in [0.1, 0.15) is 0 Å². The molecule has 0 aromatic carbocycles. The summed E-state index contributed by atoms with van der Waals surface area (Å²) in [6, 6.07) is 0.557. The Balaban J connectivity index is 2.66. The molecule has 2 N–H and O–H groups in total. The molecule has 0 radical (unpaired) electrons. The summed E-state index contributed by atoms with van der Waals surface area (Å²) in [5, 5.41) is 0. The number of hydrogen-bond acceptors (Lipinski definition) is 3. The molecule has 0 aromatic rings. The molecule has 0 atom stereocenters. The van der Waals surface area contributed by atoms with Gasteiger partial charge in [0, 0.05) is 31.3 Å². The third-order valence-corrected chi connectivity index (χ3v) is 3.33. The highest BCUT2D eigenvalue weighted by atomic mass is 16.5. The zero-order chi connectivity index (χ0) is 9.90. The van der Waals surface area contributed by atoms with E-state index >= 15 is 0 Å². The molecule has 1 heterocycles. The van der Waals surface area contributed by atoms with Gasteiger partial charge in [-0.05, 0) is 33.7 Å². The highest BCUT2D eigenvalue weighted by Gasteiger charge is 2.36. The predicted molar refractivity (Wildman–Crippen MR) is 54.7 cm³/mol. The fraction of sp³-hybridized carbons (Fsp3) is 1.00. The largest absolute Gasteiger partial charge is 0.381 e. The summed E-state index contributed by atoms with van der Waals surface area (Å²) in [7, 11) is 2.17. The molecule has 0 spiro atoms. The van der Waals surface area contributed by atoms with Gasteiger partial charge in [0.05, 0.1) is 0 Å². The van der Waals surface area contributed by atoms with Crippen LogP contribution in [0.25, 0.3) is 0 Å². The van der Waals surface area contributed by atoms with E-state index in [4.69, 9.17) is 10.5 Å². The van der Waals surface area contributed by atoms with Gasteiger partial charge in [-0.2, -0.15) is 0 Å². The fourth-order valence-corrected chi connectivity index (χ4v) is 2.00. The van der Waals surface area contributed by atoms with Gasteiger partial charge in [0.25, 0.3) is 0 Å². The molecule has 0 amide bonds. The van der Waals surface area contributed by atoms with Crippen LogP contribution in [0.3, 0.4) is 0 Å². The van der Waals surface area contributed by atoms with Crippen molar-refractivity contribution in [1.82, 2.24) is 4.90 Å². The number of ether oxygens (including phenoxy) is 1. The van der Waals surface area contributed by atoms with Gasteiger partial charge < -0.3 is 10.5 Å². The van der Waals surface area contributed by atoms with E-state index in [-0.39, 0.29) is 5.54 Å². The van der Waals surface area contributed by atoms with Gasteiger partial charge in [-0.1, -0.05) is 0 Å². The molecule has 0 unspecified atom stereocenters. The lowest BCUT2D eigenvalue weighted by Gasteiger charge is -2.45. The standard InChI is InChI=1S/C10H22N2O/c1-9(2)12(3)10(8-11)4-6-13-7-5-10/h9H,4-8,11H2,1-3H3. The molecule has 0 saturated carbocycles. The van der Waals surface area contributed by atoms with Gasteiger partial charge in [0.2, 0.25) is 0 Å². The van der Waals surface area contributed by atoms with Crippen molar-refractivity contribution in [3.63, 3.8) is 0 Å². The van der Waals surface area contributed by atoms with E-state index in [1.165, 1.54) is 0 Å². The van der Waals surface area contributed by atoms with Gasteiger partial charge in [-0.3, -0.25) is 4.90 Å². The molecular formula is C10H22N2O. The maximum Gasteiger partial charge on any atom is 0.0484 e. The Hall–Kier alpha value is -0.120. The number of nitrogens with two attached hydrogens (primary N) is 1. The van der Waals surface area contributed by atoms with Crippen molar-refractivity contribution < 1.29 is 4.74 Å². The molecule has 0 aliphatic carbocycles. The Morgan fingerprint density at radius 1 is 1.38 bits per heavy atom. The van der Waals surface area contributed by atoms with E-state index in [1.54, 1.807) is 0 Å². The number of rotatable bonds is 3. The van der Waals surface area contributed by atoms with Crippen LogP contribution in [0.4, 0.5) is 0 Å². The second-order valence-corrected chi connectivity index (χ2v) is 4.25. The minimum absolute atomic E-state index is 0.187. The molecule has 1 aliphatic heterocycles. The molecule has 3 heteroatoms. The zero-order valence-corrected chi connectivity index (χ0v) is 9.05. The Bertz CT molecular complexity index is 153. The maximum atomic E-state index is 5.88. The molecule has 78 valence electrons. The van der Waals surface area contributed by atoms with Gasteiger partial charge >= 0.3 is 0 Å². The molecule has 1 rings (SSSR count). The quantitative estimate of drug-likeness (QED) is 0.709. The molecule has 0 bridgehead atoms. The Morgan fingerprint density at radius 3 is 2.31 bits per heavy atom. The fourth-order valence-electron chi connectivity index (χ4n) is 2.00. The molecular weight excluding hydrogens is 164 g/mol. The molecule has 1 saturated heterocycles. The van der Waals surface area contributed by atoms with Crippen molar-refractivity contribution in [2.75, 3.05) is 26.8 Å². The summed E-state index contributed by atoms with van der Waals surface area (Å²) in [4.78, 5) is 2.40. The van der Waals surface area contributed by atoms with Crippen molar-refractivity contribution in [1.29, 1.82) is 0 Å². The van der Waals surface area contributed by atoms with E-state index in [0.29, 0.717) is 6.04 Å². The average Bonchev–Trinajstić information content (AvgIpc) is 2.17. The predicted octanol–water partition coefficient (Wildman–Crippen LogP) is 0.834. The van der Waals surface area contributed by atoms with E-state index in [1.807, 2.05) is 0 Å². The van der Waals surface area contributed by atoms with Crippen LogP contribution in [-0.2, 0) is 4.74 Å².